The van der Waals surface area contributed by atoms with E-state index in [9.17, 15) is 0 Å². The lowest BCUT2D eigenvalue weighted by Crippen LogP contribution is -2.24. The Kier molecular flexibility index (Phi) is 7.50. The Morgan fingerprint density at radius 2 is 2.00 bits per heavy atom. The highest BCUT2D eigenvalue weighted by molar-refractivity contribution is 5.57. The van der Waals surface area contributed by atoms with Crippen molar-refractivity contribution in [1.29, 1.82) is 0 Å². The molecule has 1 aliphatic carbocycles. The van der Waals surface area contributed by atoms with Crippen LogP contribution in [0.4, 0.5) is 5.69 Å². The van der Waals surface area contributed by atoms with Crippen molar-refractivity contribution in [2.24, 2.45) is 5.92 Å². The summed E-state index contributed by atoms with van der Waals surface area (Å²) in [4.78, 5) is 0. The summed E-state index contributed by atoms with van der Waals surface area (Å²) in [6.45, 7) is 8.51. The molecule has 20 heavy (non-hydrogen) atoms. The molecule has 2 heteroatoms. The van der Waals surface area contributed by atoms with E-state index in [-0.39, 0.29) is 0 Å². The fourth-order valence-electron chi connectivity index (χ4n) is 2.76. The van der Waals surface area contributed by atoms with Crippen molar-refractivity contribution in [2.75, 3.05) is 12.4 Å². The highest BCUT2D eigenvalue weighted by Gasteiger charge is 2.21. The van der Waals surface area contributed by atoms with E-state index < -0.39 is 0 Å². The Bertz CT molecular complexity index is 389. The van der Waals surface area contributed by atoms with Crippen LogP contribution < -0.4 is 10.1 Å². The topological polar surface area (TPSA) is 21.3 Å². The predicted octanol–water partition coefficient (Wildman–Crippen LogP) is 5.27. The van der Waals surface area contributed by atoms with Gasteiger partial charge in [0.2, 0.25) is 0 Å². The number of ether oxygens (including phenoxy) is 1. The van der Waals surface area contributed by atoms with Crippen molar-refractivity contribution in [3.05, 3.63) is 23.8 Å². The van der Waals surface area contributed by atoms with Gasteiger partial charge in [-0.15, -0.1) is 0 Å². The fourth-order valence-corrected chi connectivity index (χ4v) is 2.76. The van der Waals surface area contributed by atoms with Crippen molar-refractivity contribution in [1.82, 2.24) is 0 Å². The minimum absolute atomic E-state index is 0.397. The summed E-state index contributed by atoms with van der Waals surface area (Å²) in [5, 5.41) is 3.25. The van der Waals surface area contributed by atoms with Crippen molar-refractivity contribution in [3.63, 3.8) is 0 Å². The molecule has 0 bridgehead atoms. The van der Waals surface area contributed by atoms with Gasteiger partial charge in [-0.3, -0.25) is 0 Å². The van der Waals surface area contributed by atoms with E-state index in [0.717, 1.165) is 23.8 Å². The molecule has 0 aliphatic heterocycles. The number of hydrogen-bond donors (Lipinski definition) is 1. The van der Waals surface area contributed by atoms with Crippen LogP contribution in [-0.2, 0) is 6.42 Å². The van der Waals surface area contributed by atoms with Crippen LogP contribution in [0.1, 0.15) is 58.9 Å². The van der Waals surface area contributed by atoms with Crippen LogP contribution in [0.2, 0.25) is 0 Å². The van der Waals surface area contributed by atoms with Gasteiger partial charge in [0, 0.05) is 7.05 Å². The first-order chi connectivity index (χ1) is 9.72. The lowest BCUT2D eigenvalue weighted by molar-refractivity contribution is 0.130. The molecule has 1 aliphatic rings. The molecule has 114 valence electrons. The van der Waals surface area contributed by atoms with Gasteiger partial charge < -0.3 is 10.1 Å². The molecule has 2 nitrogen and oxygen atoms in total. The second kappa shape index (κ2) is 8.89. The summed E-state index contributed by atoms with van der Waals surface area (Å²) in [5.41, 5.74) is 2.47. The average molecular weight is 277 g/mol. The highest BCUT2D eigenvalue weighted by atomic mass is 16.5. The van der Waals surface area contributed by atoms with Crippen LogP contribution in [-0.4, -0.2) is 13.2 Å². The third-order valence-corrected chi connectivity index (χ3v) is 3.90. The van der Waals surface area contributed by atoms with E-state index in [1.54, 1.807) is 0 Å². The first-order valence-corrected chi connectivity index (χ1v) is 8.20. The molecule has 1 saturated carbocycles. The minimum atomic E-state index is 0.397. The van der Waals surface area contributed by atoms with Gasteiger partial charge in [0.1, 0.15) is 5.75 Å². The molecule has 0 radical (unpaired) electrons. The van der Waals surface area contributed by atoms with E-state index in [0.29, 0.717) is 6.10 Å². The van der Waals surface area contributed by atoms with E-state index in [1.165, 1.54) is 31.2 Å². The molecular formula is C18H31NO. The van der Waals surface area contributed by atoms with Crippen LogP contribution in [0.15, 0.2) is 18.2 Å². The molecule has 2 atom stereocenters. The molecule has 0 aromatic heterocycles. The van der Waals surface area contributed by atoms with Crippen LogP contribution in [0.3, 0.4) is 0 Å². The number of benzene rings is 1. The van der Waals surface area contributed by atoms with Crippen molar-refractivity contribution < 1.29 is 4.74 Å². The van der Waals surface area contributed by atoms with Crippen molar-refractivity contribution >= 4 is 5.69 Å². The smallest absolute Gasteiger partial charge is 0.142 e. The van der Waals surface area contributed by atoms with E-state index >= 15 is 0 Å². The largest absolute Gasteiger partial charge is 0.488 e. The number of hydrogen-bond acceptors (Lipinski definition) is 2. The zero-order chi connectivity index (χ0) is 15.0. The average Bonchev–Trinajstić information content (AvgIpc) is 2.50. The maximum Gasteiger partial charge on any atom is 0.142 e. The molecule has 1 fully saturated rings. The third-order valence-electron chi connectivity index (χ3n) is 3.90. The first kappa shape index (κ1) is 16.9. The molecule has 2 rings (SSSR count). The normalized spacial score (nSPS) is 21.6. The summed E-state index contributed by atoms with van der Waals surface area (Å²) < 4.78 is 6.18. The zero-order valence-electron chi connectivity index (χ0n) is 13.8. The number of anilines is 1. The zero-order valence-corrected chi connectivity index (χ0v) is 13.8. The maximum atomic E-state index is 6.18. The Morgan fingerprint density at radius 1 is 1.25 bits per heavy atom. The van der Waals surface area contributed by atoms with Gasteiger partial charge in [-0.2, -0.15) is 0 Å². The number of aryl methyl sites for hydroxylation is 1. The van der Waals surface area contributed by atoms with E-state index in [1.807, 2.05) is 20.9 Å². The van der Waals surface area contributed by atoms with E-state index in [2.05, 4.69) is 37.4 Å². The summed E-state index contributed by atoms with van der Waals surface area (Å²) in [6.07, 6.45) is 6.51. The molecule has 0 saturated heterocycles. The van der Waals surface area contributed by atoms with Crippen LogP contribution >= 0.6 is 0 Å². The summed E-state index contributed by atoms with van der Waals surface area (Å²) in [5.74, 6) is 1.81. The monoisotopic (exact) mass is 277 g/mol. The molecule has 0 heterocycles. The Balaban J connectivity index is 0.000000956. The van der Waals surface area contributed by atoms with Gasteiger partial charge in [-0.25, -0.2) is 0 Å². The van der Waals surface area contributed by atoms with Gasteiger partial charge in [-0.1, -0.05) is 40.2 Å². The SMILES string of the molecule is CC.CCc1ccc(OC2CCCC(C)C2)c(NC)c1. The maximum absolute atomic E-state index is 6.18. The molecular weight excluding hydrogens is 246 g/mol. The van der Waals surface area contributed by atoms with Gasteiger partial charge in [-0.05, 0) is 49.3 Å². The van der Waals surface area contributed by atoms with Gasteiger partial charge in [0.25, 0.3) is 0 Å². The van der Waals surface area contributed by atoms with Crippen molar-refractivity contribution in [2.45, 2.75) is 65.9 Å². The third kappa shape index (κ3) is 4.73. The molecule has 1 N–H and O–H groups in total. The summed E-state index contributed by atoms with van der Waals surface area (Å²) in [7, 11) is 1.96. The summed E-state index contributed by atoms with van der Waals surface area (Å²) in [6, 6.07) is 6.48. The highest BCUT2D eigenvalue weighted by Crippen LogP contribution is 2.31. The van der Waals surface area contributed by atoms with Crippen LogP contribution in [0.25, 0.3) is 0 Å². The molecule has 0 spiro atoms. The molecule has 1 aromatic carbocycles. The van der Waals surface area contributed by atoms with Gasteiger partial charge in [0.15, 0.2) is 0 Å². The molecule has 2 unspecified atom stereocenters. The van der Waals surface area contributed by atoms with Gasteiger partial charge in [0.05, 0.1) is 11.8 Å². The Labute approximate surface area is 124 Å². The van der Waals surface area contributed by atoms with Crippen molar-refractivity contribution in [3.8, 4) is 5.75 Å². The lowest BCUT2D eigenvalue weighted by atomic mass is 9.89. The quantitative estimate of drug-likeness (QED) is 0.809. The Hall–Kier alpha value is -1.18. The predicted molar refractivity (Wildman–Crippen MR) is 88.8 cm³/mol. The lowest BCUT2D eigenvalue weighted by Gasteiger charge is -2.28. The Morgan fingerprint density at radius 3 is 2.60 bits per heavy atom. The van der Waals surface area contributed by atoms with E-state index in [4.69, 9.17) is 4.74 Å². The van der Waals surface area contributed by atoms with Crippen LogP contribution in [0, 0.1) is 5.92 Å². The minimum Gasteiger partial charge on any atom is -0.488 e. The number of nitrogens with one attached hydrogen (secondary N) is 1. The molecule has 1 aromatic rings. The number of rotatable bonds is 4. The fraction of sp³-hybridized carbons (Fsp3) is 0.667. The standard InChI is InChI=1S/C16H25NO.C2H6/c1-4-13-8-9-16(15(11-13)17-3)18-14-7-5-6-12(2)10-14;1-2/h8-9,11-12,14,17H,4-7,10H2,1-3H3;1-2H3. The second-order valence-electron chi connectivity index (χ2n) is 5.45. The molecule has 0 amide bonds. The first-order valence-electron chi connectivity index (χ1n) is 8.20. The second-order valence-corrected chi connectivity index (χ2v) is 5.45. The van der Waals surface area contributed by atoms with Crippen LogP contribution in [0.5, 0.6) is 5.75 Å². The van der Waals surface area contributed by atoms with Gasteiger partial charge >= 0.3 is 0 Å². The summed E-state index contributed by atoms with van der Waals surface area (Å²) >= 11 is 0.